The topological polar surface area (TPSA) is 91.2 Å². The minimum Gasteiger partial charge on any atom is -0.497 e. The van der Waals surface area contributed by atoms with Crippen molar-refractivity contribution in [3.63, 3.8) is 0 Å². The fourth-order valence-corrected chi connectivity index (χ4v) is 2.99. The zero-order chi connectivity index (χ0) is 18.8. The van der Waals surface area contributed by atoms with Gasteiger partial charge in [0.1, 0.15) is 10.8 Å². The molecule has 3 aromatic heterocycles. The van der Waals surface area contributed by atoms with Gasteiger partial charge in [-0.15, -0.1) is 20.4 Å². The predicted octanol–water partition coefficient (Wildman–Crippen LogP) is 3.20. The van der Waals surface area contributed by atoms with Crippen molar-refractivity contribution in [2.75, 3.05) is 7.11 Å². The predicted molar refractivity (Wildman–Crippen MR) is 90.0 cm³/mol. The van der Waals surface area contributed by atoms with Crippen LogP contribution in [0.15, 0.2) is 51.1 Å². The summed E-state index contributed by atoms with van der Waals surface area (Å²) in [6.07, 6.45) is -2.31. The van der Waals surface area contributed by atoms with Crippen molar-refractivity contribution in [1.29, 1.82) is 0 Å². The van der Waals surface area contributed by atoms with Crippen LogP contribution >= 0.6 is 11.8 Å². The van der Waals surface area contributed by atoms with Crippen LogP contribution in [0, 0.1) is 0 Å². The summed E-state index contributed by atoms with van der Waals surface area (Å²) in [7, 11) is 1.60. The molecule has 0 atom stereocenters. The van der Waals surface area contributed by atoms with Crippen molar-refractivity contribution in [3.05, 3.63) is 53.7 Å². The van der Waals surface area contributed by atoms with Crippen molar-refractivity contribution in [2.45, 2.75) is 23.1 Å². The van der Waals surface area contributed by atoms with Gasteiger partial charge >= 0.3 is 0 Å². The number of ether oxygens (including phenoxy) is 1. The minimum atomic E-state index is -2.77. The van der Waals surface area contributed by atoms with E-state index in [2.05, 4.69) is 25.5 Å². The zero-order valence-corrected chi connectivity index (χ0v) is 14.7. The summed E-state index contributed by atoms with van der Waals surface area (Å²) in [6.45, 7) is 0. The smallest absolute Gasteiger partial charge is 0.299 e. The minimum absolute atomic E-state index is 0.236. The molecule has 138 valence electrons. The summed E-state index contributed by atoms with van der Waals surface area (Å²) >= 11 is 1.07. The van der Waals surface area contributed by atoms with E-state index >= 15 is 0 Å². The summed E-state index contributed by atoms with van der Waals surface area (Å²) in [4.78, 5) is 0. The number of nitrogens with zero attached hydrogens (tertiary/aromatic N) is 6. The van der Waals surface area contributed by atoms with Gasteiger partial charge in [-0.3, -0.25) is 0 Å². The molecule has 3 heterocycles. The maximum Gasteiger partial charge on any atom is 0.299 e. The second-order valence-corrected chi connectivity index (χ2v) is 6.36. The molecule has 4 aromatic rings. The average Bonchev–Trinajstić information content (AvgIpc) is 3.29. The van der Waals surface area contributed by atoms with Crippen molar-refractivity contribution in [2.24, 2.45) is 0 Å². The number of rotatable bonds is 6. The van der Waals surface area contributed by atoms with Crippen LogP contribution in [0.4, 0.5) is 8.78 Å². The Balaban J connectivity index is 1.50. The standard InChI is InChI=1S/C16H12F2N6O2S/c1-25-10-4-2-9(3-5-10)8-12-20-22-16(26-12)27-13-7-6-11-19-21-15(14(17)18)24(11)23-13/h2-7,14H,8H2,1H3. The van der Waals surface area contributed by atoms with Gasteiger partial charge in [0, 0.05) is 0 Å². The third kappa shape index (κ3) is 3.72. The molecule has 11 heteroatoms. The Labute approximate surface area is 155 Å². The number of benzene rings is 1. The third-order valence-electron chi connectivity index (χ3n) is 3.61. The van der Waals surface area contributed by atoms with E-state index in [1.165, 1.54) is 0 Å². The molecular weight excluding hydrogens is 378 g/mol. The normalized spacial score (nSPS) is 11.4. The van der Waals surface area contributed by atoms with Crippen LogP contribution in [0.3, 0.4) is 0 Å². The molecule has 27 heavy (non-hydrogen) atoms. The molecule has 0 saturated carbocycles. The zero-order valence-electron chi connectivity index (χ0n) is 13.9. The summed E-state index contributed by atoms with van der Waals surface area (Å²) in [6, 6.07) is 10.7. The maximum absolute atomic E-state index is 12.9. The highest BCUT2D eigenvalue weighted by molar-refractivity contribution is 7.99. The number of alkyl halides is 2. The molecule has 0 spiro atoms. The molecule has 0 fully saturated rings. The fraction of sp³-hybridized carbons (Fsp3) is 0.188. The van der Waals surface area contributed by atoms with Crippen LogP contribution in [0.1, 0.15) is 23.7 Å². The Bertz CT molecular complexity index is 1070. The van der Waals surface area contributed by atoms with Crippen LogP contribution in [-0.2, 0) is 6.42 Å². The van der Waals surface area contributed by atoms with Gasteiger partial charge in [0.2, 0.25) is 11.7 Å². The van der Waals surface area contributed by atoms with Crippen molar-refractivity contribution < 1.29 is 17.9 Å². The summed E-state index contributed by atoms with van der Waals surface area (Å²) in [5, 5.41) is 19.8. The molecule has 0 bridgehead atoms. The summed E-state index contributed by atoms with van der Waals surface area (Å²) in [5.74, 6) is 0.679. The number of aromatic nitrogens is 6. The molecule has 0 N–H and O–H groups in total. The van der Waals surface area contributed by atoms with E-state index in [1.807, 2.05) is 24.3 Å². The number of fused-ring (bicyclic) bond motifs is 1. The van der Waals surface area contributed by atoms with Gasteiger partial charge in [-0.25, -0.2) is 8.78 Å². The molecule has 0 aliphatic heterocycles. The number of hydrogen-bond donors (Lipinski definition) is 0. The number of methoxy groups -OCH3 is 1. The fourth-order valence-electron chi connectivity index (χ4n) is 2.34. The van der Waals surface area contributed by atoms with Crippen LogP contribution in [0.5, 0.6) is 5.75 Å². The van der Waals surface area contributed by atoms with Crippen LogP contribution < -0.4 is 4.74 Å². The Kier molecular flexibility index (Phi) is 4.67. The number of halogens is 2. The summed E-state index contributed by atoms with van der Waals surface area (Å²) in [5.41, 5.74) is 1.22. The van der Waals surface area contributed by atoms with E-state index in [-0.39, 0.29) is 10.9 Å². The van der Waals surface area contributed by atoms with Gasteiger partial charge in [0.05, 0.1) is 13.5 Å². The molecular formula is C16H12F2N6O2S. The van der Waals surface area contributed by atoms with Gasteiger partial charge in [-0.05, 0) is 41.6 Å². The quantitative estimate of drug-likeness (QED) is 0.496. The van der Waals surface area contributed by atoms with Crippen molar-refractivity contribution in [3.8, 4) is 5.75 Å². The lowest BCUT2D eigenvalue weighted by Gasteiger charge is -2.01. The first-order valence-electron chi connectivity index (χ1n) is 7.76. The van der Waals surface area contributed by atoms with Gasteiger partial charge < -0.3 is 9.15 Å². The lowest BCUT2D eigenvalue weighted by Crippen LogP contribution is -2.00. The lowest BCUT2D eigenvalue weighted by atomic mass is 10.1. The van der Waals surface area contributed by atoms with Gasteiger partial charge in [0.25, 0.3) is 11.6 Å². The van der Waals surface area contributed by atoms with Gasteiger partial charge in [-0.2, -0.15) is 9.61 Å². The first-order chi connectivity index (χ1) is 13.1. The second kappa shape index (κ2) is 7.27. The first kappa shape index (κ1) is 17.3. The first-order valence-corrected chi connectivity index (χ1v) is 8.57. The van der Waals surface area contributed by atoms with E-state index < -0.39 is 12.2 Å². The molecule has 0 aliphatic carbocycles. The van der Waals surface area contributed by atoms with Gasteiger partial charge in [0.15, 0.2) is 5.65 Å². The molecule has 0 radical (unpaired) electrons. The molecule has 8 nitrogen and oxygen atoms in total. The Morgan fingerprint density at radius 1 is 1.07 bits per heavy atom. The largest absolute Gasteiger partial charge is 0.497 e. The van der Waals surface area contributed by atoms with Crippen LogP contribution in [-0.4, -0.2) is 37.1 Å². The number of hydrogen-bond acceptors (Lipinski definition) is 8. The van der Waals surface area contributed by atoms with E-state index in [0.29, 0.717) is 17.3 Å². The Morgan fingerprint density at radius 2 is 1.89 bits per heavy atom. The molecule has 0 aliphatic rings. The summed E-state index contributed by atoms with van der Waals surface area (Å²) < 4.78 is 37.6. The Hall–Kier alpha value is -3.08. The molecule has 0 unspecified atom stereocenters. The lowest BCUT2D eigenvalue weighted by molar-refractivity contribution is 0.137. The molecule has 1 aromatic carbocycles. The van der Waals surface area contributed by atoms with Crippen molar-refractivity contribution >= 4 is 17.4 Å². The van der Waals surface area contributed by atoms with E-state index in [1.54, 1.807) is 19.2 Å². The Morgan fingerprint density at radius 3 is 2.63 bits per heavy atom. The third-order valence-corrected chi connectivity index (χ3v) is 4.38. The van der Waals surface area contributed by atoms with E-state index in [9.17, 15) is 8.78 Å². The second-order valence-electron chi connectivity index (χ2n) is 5.39. The highest BCUT2D eigenvalue weighted by Crippen LogP contribution is 2.26. The molecule has 4 rings (SSSR count). The molecule has 0 saturated heterocycles. The van der Waals surface area contributed by atoms with Crippen molar-refractivity contribution in [1.82, 2.24) is 30.0 Å². The van der Waals surface area contributed by atoms with Crippen LogP contribution in [0.25, 0.3) is 5.65 Å². The molecule has 0 amide bonds. The van der Waals surface area contributed by atoms with E-state index in [0.717, 1.165) is 27.6 Å². The van der Waals surface area contributed by atoms with E-state index in [4.69, 9.17) is 9.15 Å². The highest BCUT2D eigenvalue weighted by atomic mass is 32.2. The SMILES string of the molecule is COc1ccc(Cc2nnc(Sc3ccc4nnc(C(F)F)n4n3)o2)cc1. The van der Waals surface area contributed by atoms with Crippen LogP contribution in [0.2, 0.25) is 0 Å². The average molecular weight is 390 g/mol. The maximum atomic E-state index is 12.9. The van der Waals surface area contributed by atoms with Gasteiger partial charge in [-0.1, -0.05) is 12.1 Å². The highest BCUT2D eigenvalue weighted by Gasteiger charge is 2.18. The monoisotopic (exact) mass is 390 g/mol.